The number of aliphatic hydroxyl groups is 1. The summed E-state index contributed by atoms with van der Waals surface area (Å²) in [4.78, 5) is 22.1. The first kappa shape index (κ1) is 8.99. The molecule has 0 aromatic rings. The van der Waals surface area contributed by atoms with E-state index in [0.29, 0.717) is 0 Å². The van der Waals surface area contributed by atoms with Gasteiger partial charge in [-0.05, 0) is 13.8 Å². The molecular formula is C7H12N2O3. The van der Waals surface area contributed by atoms with Crippen molar-refractivity contribution in [2.75, 3.05) is 0 Å². The van der Waals surface area contributed by atoms with Gasteiger partial charge in [0.25, 0.3) is 0 Å². The van der Waals surface area contributed by atoms with E-state index in [9.17, 15) is 9.59 Å². The van der Waals surface area contributed by atoms with Gasteiger partial charge in [-0.3, -0.25) is 9.59 Å². The number of rotatable bonds is 1. The lowest BCUT2D eigenvalue weighted by Gasteiger charge is -2.28. The summed E-state index contributed by atoms with van der Waals surface area (Å²) in [7, 11) is 0. The maximum absolute atomic E-state index is 11.1. The van der Waals surface area contributed by atoms with Crippen molar-refractivity contribution in [2.24, 2.45) is 0 Å². The standard InChI is InChI=1S/C7H12N2O3/c1-3-6(11)9-5(4(2)10)7(12)8-3/h3-5,10H,1-2H3,(H,8,12)(H,9,11)/t3-,4-,5+/m0/s1. The first-order valence-electron chi connectivity index (χ1n) is 3.81. The lowest BCUT2D eigenvalue weighted by Crippen LogP contribution is -2.63. The van der Waals surface area contributed by atoms with Gasteiger partial charge in [-0.1, -0.05) is 0 Å². The maximum Gasteiger partial charge on any atom is 0.245 e. The van der Waals surface area contributed by atoms with Gasteiger partial charge >= 0.3 is 0 Å². The minimum Gasteiger partial charge on any atom is -0.391 e. The van der Waals surface area contributed by atoms with Gasteiger partial charge in [0.2, 0.25) is 11.8 Å². The largest absolute Gasteiger partial charge is 0.391 e. The SMILES string of the molecule is C[C@@H]1NC(=O)[C@@H]([C@H](C)O)NC1=O. The molecule has 0 bridgehead atoms. The second-order valence-electron chi connectivity index (χ2n) is 2.96. The van der Waals surface area contributed by atoms with Crippen molar-refractivity contribution in [1.82, 2.24) is 10.6 Å². The molecule has 1 fully saturated rings. The van der Waals surface area contributed by atoms with Crippen LogP contribution in [0.2, 0.25) is 0 Å². The van der Waals surface area contributed by atoms with Crippen molar-refractivity contribution in [3.05, 3.63) is 0 Å². The van der Waals surface area contributed by atoms with E-state index < -0.39 is 18.2 Å². The third-order valence-electron chi connectivity index (χ3n) is 1.81. The van der Waals surface area contributed by atoms with Crippen LogP contribution in [0.5, 0.6) is 0 Å². The van der Waals surface area contributed by atoms with E-state index in [4.69, 9.17) is 5.11 Å². The molecular weight excluding hydrogens is 160 g/mol. The van der Waals surface area contributed by atoms with Crippen molar-refractivity contribution >= 4 is 11.8 Å². The van der Waals surface area contributed by atoms with E-state index in [1.54, 1.807) is 6.92 Å². The predicted octanol–water partition coefficient (Wildman–Crippen LogP) is -1.63. The summed E-state index contributed by atoms with van der Waals surface area (Å²) in [5, 5.41) is 13.9. The summed E-state index contributed by atoms with van der Waals surface area (Å²) < 4.78 is 0. The summed E-state index contributed by atoms with van der Waals surface area (Å²) in [6, 6.07) is -1.32. The number of carbonyl (C=O) groups is 2. The van der Waals surface area contributed by atoms with Crippen LogP contribution in [0.1, 0.15) is 13.8 Å². The molecule has 0 aliphatic carbocycles. The van der Waals surface area contributed by atoms with E-state index >= 15 is 0 Å². The summed E-state index contributed by atoms with van der Waals surface area (Å²) in [6.45, 7) is 3.05. The lowest BCUT2D eigenvalue weighted by molar-refractivity contribution is -0.138. The Balaban J connectivity index is 2.68. The van der Waals surface area contributed by atoms with Gasteiger partial charge in [0, 0.05) is 0 Å². The fraction of sp³-hybridized carbons (Fsp3) is 0.714. The van der Waals surface area contributed by atoms with Crippen molar-refractivity contribution in [3.8, 4) is 0 Å². The average Bonchev–Trinajstić information content (AvgIpc) is 1.96. The van der Waals surface area contributed by atoms with Crippen LogP contribution in [0.15, 0.2) is 0 Å². The van der Waals surface area contributed by atoms with Crippen LogP contribution in [0.4, 0.5) is 0 Å². The molecule has 0 aromatic carbocycles. The molecule has 0 spiro atoms. The molecule has 1 rings (SSSR count). The zero-order valence-electron chi connectivity index (χ0n) is 7.00. The molecule has 68 valence electrons. The number of carbonyl (C=O) groups excluding carboxylic acids is 2. The quantitative estimate of drug-likeness (QED) is 0.444. The van der Waals surface area contributed by atoms with Gasteiger partial charge in [-0.15, -0.1) is 0 Å². The maximum atomic E-state index is 11.1. The Morgan fingerprint density at radius 1 is 1.33 bits per heavy atom. The lowest BCUT2D eigenvalue weighted by atomic mass is 10.1. The predicted molar refractivity (Wildman–Crippen MR) is 41.2 cm³/mol. The number of piperazine rings is 1. The van der Waals surface area contributed by atoms with Crippen molar-refractivity contribution in [2.45, 2.75) is 32.0 Å². The summed E-state index contributed by atoms with van der Waals surface area (Å²) >= 11 is 0. The zero-order chi connectivity index (χ0) is 9.30. The van der Waals surface area contributed by atoms with Crippen molar-refractivity contribution in [1.29, 1.82) is 0 Å². The second kappa shape index (κ2) is 3.10. The zero-order valence-corrected chi connectivity index (χ0v) is 7.00. The number of amides is 2. The van der Waals surface area contributed by atoms with E-state index in [-0.39, 0.29) is 11.8 Å². The molecule has 1 heterocycles. The third-order valence-corrected chi connectivity index (χ3v) is 1.81. The minimum atomic E-state index is -0.860. The van der Waals surface area contributed by atoms with Gasteiger partial charge in [0.1, 0.15) is 12.1 Å². The van der Waals surface area contributed by atoms with Gasteiger partial charge in [0.05, 0.1) is 6.10 Å². The van der Waals surface area contributed by atoms with Crippen LogP contribution in [0, 0.1) is 0 Å². The Morgan fingerprint density at radius 2 is 1.92 bits per heavy atom. The van der Waals surface area contributed by atoms with E-state index in [1.807, 2.05) is 0 Å². The third kappa shape index (κ3) is 1.55. The van der Waals surface area contributed by atoms with Gasteiger partial charge < -0.3 is 15.7 Å². The molecule has 5 heteroatoms. The molecule has 12 heavy (non-hydrogen) atoms. The molecule has 0 unspecified atom stereocenters. The molecule has 0 saturated carbocycles. The molecule has 1 aliphatic heterocycles. The Hall–Kier alpha value is -1.10. The molecule has 5 nitrogen and oxygen atoms in total. The monoisotopic (exact) mass is 172 g/mol. The normalized spacial score (nSPS) is 32.2. The molecule has 3 atom stereocenters. The molecule has 1 aliphatic rings. The first-order chi connectivity index (χ1) is 5.52. The summed E-state index contributed by atoms with van der Waals surface area (Å²) in [5.41, 5.74) is 0. The Labute approximate surface area is 70.1 Å². The number of hydrogen-bond donors (Lipinski definition) is 3. The Morgan fingerprint density at radius 3 is 2.42 bits per heavy atom. The minimum absolute atomic E-state index is 0.263. The van der Waals surface area contributed by atoms with E-state index in [1.165, 1.54) is 6.92 Å². The molecule has 0 radical (unpaired) electrons. The Bertz CT molecular complexity index is 215. The van der Waals surface area contributed by atoms with Crippen molar-refractivity contribution < 1.29 is 14.7 Å². The van der Waals surface area contributed by atoms with E-state index in [2.05, 4.69) is 10.6 Å². The smallest absolute Gasteiger partial charge is 0.245 e. The summed E-state index contributed by atoms with van der Waals surface area (Å²) in [5.74, 6) is -0.599. The van der Waals surface area contributed by atoms with Crippen LogP contribution in [-0.4, -0.2) is 35.1 Å². The molecule has 3 N–H and O–H groups in total. The highest BCUT2D eigenvalue weighted by Crippen LogP contribution is 2.00. The topological polar surface area (TPSA) is 78.4 Å². The fourth-order valence-corrected chi connectivity index (χ4v) is 1.05. The Kier molecular flexibility index (Phi) is 2.32. The molecule has 0 aromatic heterocycles. The summed E-state index contributed by atoms with van der Waals surface area (Å²) in [6.07, 6.45) is -0.860. The fourth-order valence-electron chi connectivity index (χ4n) is 1.05. The number of aliphatic hydroxyl groups excluding tert-OH is 1. The van der Waals surface area contributed by atoms with Crippen LogP contribution >= 0.6 is 0 Å². The average molecular weight is 172 g/mol. The van der Waals surface area contributed by atoms with Gasteiger partial charge in [-0.25, -0.2) is 0 Å². The second-order valence-corrected chi connectivity index (χ2v) is 2.96. The van der Waals surface area contributed by atoms with E-state index in [0.717, 1.165) is 0 Å². The van der Waals surface area contributed by atoms with Crippen LogP contribution in [-0.2, 0) is 9.59 Å². The van der Waals surface area contributed by atoms with Gasteiger partial charge in [-0.2, -0.15) is 0 Å². The molecule has 1 saturated heterocycles. The van der Waals surface area contributed by atoms with Crippen LogP contribution in [0.3, 0.4) is 0 Å². The van der Waals surface area contributed by atoms with Crippen LogP contribution in [0.25, 0.3) is 0 Å². The highest BCUT2D eigenvalue weighted by atomic mass is 16.3. The number of hydrogen-bond acceptors (Lipinski definition) is 3. The first-order valence-corrected chi connectivity index (χ1v) is 3.81. The van der Waals surface area contributed by atoms with Crippen molar-refractivity contribution in [3.63, 3.8) is 0 Å². The highest BCUT2D eigenvalue weighted by Gasteiger charge is 2.33. The van der Waals surface area contributed by atoms with Gasteiger partial charge in [0.15, 0.2) is 0 Å². The number of nitrogens with one attached hydrogen (secondary N) is 2. The highest BCUT2D eigenvalue weighted by molar-refractivity contribution is 5.96. The van der Waals surface area contributed by atoms with Crippen LogP contribution < -0.4 is 10.6 Å². The molecule has 2 amide bonds.